The van der Waals surface area contributed by atoms with E-state index >= 15 is 0 Å². The van der Waals surface area contributed by atoms with E-state index in [1.807, 2.05) is 29.6 Å². The fraction of sp³-hybridized carbons (Fsp3) is 0.136. The Hall–Kier alpha value is -3.30. The smallest absolute Gasteiger partial charge is 0.229 e. The van der Waals surface area contributed by atoms with Crippen molar-refractivity contribution in [1.29, 1.82) is 0 Å². The molecule has 156 valence electrons. The normalized spacial score (nSPS) is 12.9. The predicted molar refractivity (Wildman–Crippen MR) is 121 cm³/mol. The lowest BCUT2D eigenvalue weighted by atomic mass is 10.1. The molecule has 0 saturated heterocycles. The zero-order valence-electron chi connectivity index (χ0n) is 16.6. The van der Waals surface area contributed by atoms with Crippen LogP contribution in [0.5, 0.6) is 0 Å². The van der Waals surface area contributed by atoms with Crippen molar-refractivity contribution in [1.82, 2.24) is 19.8 Å². The van der Waals surface area contributed by atoms with Crippen LogP contribution in [0.25, 0.3) is 15.9 Å². The molecule has 0 aliphatic rings. The van der Waals surface area contributed by atoms with E-state index in [1.54, 1.807) is 30.3 Å². The Morgan fingerprint density at radius 3 is 2.48 bits per heavy atom. The van der Waals surface area contributed by atoms with Gasteiger partial charge in [-0.15, -0.1) is 16.4 Å². The number of nitrogens with zero attached hydrogens (tertiary/aromatic N) is 4. The molecule has 1 unspecified atom stereocenters. The highest BCUT2D eigenvalue weighted by Crippen LogP contribution is 2.31. The third-order valence-electron chi connectivity index (χ3n) is 5.00. The van der Waals surface area contributed by atoms with E-state index in [1.165, 1.54) is 21.4 Å². The number of thiophene rings is 1. The number of anilines is 1. The molecule has 5 rings (SSSR count). The average Bonchev–Trinajstić information content (AvgIpc) is 3.42. The molecule has 0 bridgehead atoms. The molecule has 3 aromatic heterocycles. The van der Waals surface area contributed by atoms with E-state index in [-0.39, 0.29) is 21.6 Å². The number of hydrogen-bond donors (Lipinski definition) is 1. The second-order valence-electron chi connectivity index (χ2n) is 7.28. The van der Waals surface area contributed by atoms with Gasteiger partial charge in [-0.2, -0.15) is 4.52 Å². The molecular formula is C22H19N5O2S2. The molecule has 0 saturated carbocycles. The number of rotatable bonds is 6. The Morgan fingerprint density at radius 1 is 1.03 bits per heavy atom. The minimum atomic E-state index is -3.85. The number of nitrogens with one attached hydrogen (secondary N) is 1. The summed E-state index contributed by atoms with van der Waals surface area (Å²) in [5, 5.41) is 13.3. The largest absolute Gasteiger partial charge is 0.366 e. The molecular weight excluding hydrogens is 430 g/mol. The monoisotopic (exact) mass is 449 g/mol. The van der Waals surface area contributed by atoms with E-state index in [9.17, 15) is 8.42 Å². The van der Waals surface area contributed by atoms with Crippen LogP contribution in [0.1, 0.15) is 12.5 Å². The van der Waals surface area contributed by atoms with Gasteiger partial charge in [0, 0.05) is 6.04 Å². The van der Waals surface area contributed by atoms with Crippen LogP contribution in [0.2, 0.25) is 0 Å². The van der Waals surface area contributed by atoms with Gasteiger partial charge in [-0.05, 0) is 42.5 Å². The van der Waals surface area contributed by atoms with Gasteiger partial charge in [-0.3, -0.25) is 0 Å². The van der Waals surface area contributed by atoms with Gasteiger partial charge in [-0.1, -0.05) is 53.7 Å². The maximum Gasteiger partial charge on any atom is 0.229 e. The SMILES string of the molecule is CC(Cc1ccccc1)Nc1nc2c(S(=O)(=O)c3ccccc3)nnn2c2ccsc12. The van der Waals surface area contributed by atoms with E-state index < -0.39 is 9.84 Å². The topological polar surface area (TPSA) is 89.2 Å². The molecule has 1 N–H and O–H groups in total. The minimum absolute atomic E-state index is 0.0905. The highest BCUT2D eigenvalue weighted by atomic mass is 32.2. The van der Waals surface area contributed by atoms with Crippen LogP contribution in [0, 0.1) is 0 Å². The Balaban J connectivity index is 1.59. The Morgan fingerprint density at radius 2 is 1.74 bits per heavy atom. The maximum absolute atomic E-state index is 13.2. The van der Waals surface area contributed by atoms with Crippen LogP contribution in [0.15, 0.2) is 82.0 Å². The van der Waals surface area contributed by atoms with Gasteiger partial charge >= 0.3 is 0 Å². The van der Waals surface area contributed by atoms with E-state index in [0.29, 0.717) is 5.82 Å². The number of fused-ring (bicyclic) bond motifs is 3. The van der Waals surface area contributed by atoms with Crippen molar-refractivity contribution in [2.24, 2.45) is 0 Å². The molecule has 31 heavy (non-hydrogen) atoms. The first-order valence-electron chi connectivity index (χ1n) is 9.77. The second-order valence-corrected chi connectivity index (χ2v) is 10.1. The Bertz CT molecular complexity index is 1460. The van der Waals surface area contributed by atoms with Gasteiger partial charge in [0.05, 0.1) is 15.1 Å². The standard InChI is InChI=1S/C22H19N5O2S2/c1-15(14-16-8-4-2-5-9-16)23-20-19-18(12-13-30-19)27-21(24-20)22(25-26-27)31(28,29)17-10-6-3-7-11-17/h2-13,15H,14H2,1H3,(H,23,24). The van der Waals surface area contributed by atoms with Gasteiger partial charge in [0.2, 0.25) is 14.9 Å². The van der Waals surface area contributed by atoms with Crippen molar-refractivity contribution in [3.63, 3.8) is 0 Å². The van der Waals surface area contributed by atoms with Crippen LogP contribution < -0.4 is 5.32 Å². The lowest BCUT2D eigenvalue weighted by molar-refractivity contribution is 0.592. The average molecular weight is 450 g/mol. The molecule has 0 radical (unpaired) electrons. The maximum atomic E-state index is 13.2. The number of hydrogen-bond acceptors (Lipinski definition) is 7. The fourth-order valence-electron chi connectivity index (χ4n) is 3.56. The van der Waals surface area contributed by atoms with Gasteiger partial charge in [0.25, 0.3) is 0 Å². The molecule has 1 atom stereocenters. The summed E-state index contributed by atoms with van der Waals surface area (Å²) in [6, 6.07) is 20.4. The summed E-state index contributed by atoms with van der Waals surface area (Å²) in [4.78, 5) is 4.83. The first-order valence-corrected chi connectivity index (χ1v) is 12.1. The van der Waals surface area contributed by atoms with Crippen LogP contribution in [0.3, 0.4) is 0 Å². The third-order valence-corrected chi connectivity index (χ3v) is 7.57. The van der Waals surface area contributed by atoms with Gasteiger partial charge in [0.1, 0.15) is 5.82 Å². The summed E-state index contributed by atoms with van der Waals surface area (Å²) in [5.41, 5.74) is 2.19. The van der Waals surface area contributed by atoms with E-state index in [2.05, 4.69) is 39.7 Å². The third kappa shape index (κ3) is 3.55. The van der Waals surface area contributed by atoms with Gasteiger partial charge < -0.3 is 5.32 Å². The summed E-state index contributed by atoms with van der Waals surface area (Å²) < 4.78 is 28.8. The Kier molecular flexibility index (Phi) is 4.91. The first-order chi connectivity index (χ1) is 15.0. The highest BCUT2D eigenvalue weighted by molar-refractivity contribution is 7.91. The summed E-state index contributed by atoms with van der Waals surface area (Å²) in [7, 11) is -3.85. The van der Waals surface area contributed by atoms with E-state index in [0.717, 1.165) is 16.6 Å². The van der Waals surface area contributed by atoms with Crippen molar-refractivity contribution in [2.45, 2.75) is 29.3 Å². The predicted octanol–water partition coefficient (Wildman–Crippen LogP) is 4.21. The zero-order valence-corrected chi connectivity index (χ0v) is 18.3. The fourth-order valence-corrected chi connectivity index (χ4v) is 5.64. The number of sulfone groups is 1. The molecule has 0 spiro atoms. The molecule has 5 aromatic rings. The summed E-state index contributed by atoms with van der Waals surface area (Å²) in [6.45, 7) is 2.08. The van der Waals surface area contributed by atoms with Gasteiger partial charge in [0.15, 0.2) is 5.65 Å². The summed E-state index contributed by atoms with van der Waals surface area (Å²) in [6.07, 6.45) is 0.813. The van der Waals surface area contributed by atoms with Crippen molar-refractivity contribution >= 4 is 42.9 Å². The van der Waals surface area contributed by atoms with E-state index in [4.69, 9.17) is 0 Å². The molecule has 9 heteroatoms. The molecule has 2 aromatic carbocycles. The van der Waals surface area contributed by atoms with Crippen molar-refractivity contribution in [3.8, 4) is 0 Å². The van der Waals surface area contributed by atoms with Crippen LogP contribution >= 0.6 is 11.3 Å². The lowest BCUT2D eigenvalue weighted by Crippen LogP contribution is -2.19. The quantitative estimate of drug-likeness (QED) is 0.418. The van der Waals surface area contributed by atoms with Crippen LogP contribution in [-0.4, -0.2) is 34.3 Å². The Labute approximate surface area is 183 Å². The minimum Gasteiger partial charge on any atom is -0.366 e. The highest BCUT2D eigenvalue weighted by Gasteiger charge is 2.27. The molecule has 0 aliphatic heterocycles. The molecule has 0 fully saturated rings. The molecule has 0 amide bonds. The number of aromatic nitrogens is 4. The molecule has 0 aliphatic carbocycles. The van der Waals surface area contributed by atoms with Crippen LogP contribution in [-0.2, 0) is 16.3 Å². The molecule has 3 heterocycles. The lowest BCUT2D eigenvalue weighted by Gasteiger charge is -2.15. The number of benzene rings is 2. The van der Waals surface area contributed by atoms with Gasteiger partial charge in [-0.25, -0.2) is 13.4 Å². The van der Waals surface area contributed by atoms with Crippen molar-refractivity contribution in [2.75, 3.05) is 5.32 Å². The zero-order chi connectivity index (χ0) is 21.4. The van der Waals surface area contributed by atoms with Crippen LogP contribution in [0.4, 0.5) is 5.82 Å². The van der Waals surface area contributed by atoms with Crippen molar-refractivity contribution < 1.29 is 8.42 Å². The second kappa shape index (κ2) is 7.75. The first kappa shape index (κ1) is 19.7. The molecule has 7 nitrogen and oxygen atoms in total. The summed E-state index contributed by atoms with van der Waals surface area (Å²) >= 11 is 1.53. The van der Waals surface area contributed by atoms with Crippen molar-refractivity contribution in [3.05, 3.63) is 77.7 Å². The summed E-state index contributed by atoms with van der Waals surface area (Å²) in [5.74, 6) is 0.632.